The number of hydrogen-bond donors (Lipinski definition) is 2. The fraction of sp³-hybridized carbons (Fsp3) is 0.346. The molecule has 2 aromatic heterocycles. The number of aromatic nitrogens is 4. The molecule has 1 aliphatic heterocycles. The summed E-state index contributed by atoms with van der Waals surface area (Å²) in [7, 11) is 0. The van der Waals surface area contributed by atoms with Crippen molar-refractivity contribution in [3.63, 3.8) is 0 Å². The van der Waals surface area contributed by atoms with Gasteiger partial charge in [-0.3, -0.25) is 9.36 Å². The molecule has 2 fully saturated rings. The van der Waals surface area contributed by atoms with Crippen LogP contribution >= 0.6 is 0 Å². The summed E-state index contributed by atoms with van der Waals surface area (Å²) in [6.07, 6.45) is 4.93. The Hall–Kier alpha value is -3.61. The van der Waals surface area contributed by atoms with Crippen molar-refractivity contribution in [3.8, 4) is 22.5 Å². The van der Waals surface area contributed by atoms with Crippen molar-refractivity contribution in [1.82, 2.24) is 24.6 Å². The Labute approximate surface area is 191 Å². The van der Waals surface area contributed by atoms with Crippen LogP contribution in [0.1, 0.15) is 24.8 Å². The molecule has 0 bridgehead atoms. The zero-order valence-corrected chi connectivity index (χ0v) is 18.7. The fourth-order valence-electron chi connectivity index (χ4n) is 5.05. The van der Waals surface area contributed by atoms with E-state index in [1.807, 2.05) is 11.1 Å². The van der Waals surface area contributed by atoms with Gasteiger partial charge in [0.1, 0.15) is 0 Å². The average molecular weight is 442 g/mol. The average Bonchev–Trinajstić information content (AvgIpc) is 3.21. The van der Waals surface area contributed by atoms with Crippen molar-refractivity contribution in [2.24, 2.45) is 11.8 Å². The molecule has 2 aliphatic rings. The summed E-state index contributed by atoms with van der Waals surface area (Å²) in [5, 5.41) is 8.18. The van der Waals surface area contributed by atoms with Gasteiger partial charge in [-0.15, -0.1) is 0 Å². The quantitative estimate of drug-likeness (QED) is 0.492. The van der Waals surface area contributed by atoms with Gasteiger partial charge in [0.2, 0.25) is 5.91 Å². The van der Waals surface area contributed by atoms with Crippen LogP contribution in [0.2, 0.25) is 0 Å². The van der Waals surface area contributed by atoms with Crippen molar-refractivity contribution in [2.45, 2.75) is 32.7 Å². The number of aryl methyl sites for hydroxylation is 1. The maximum atomic E-state index is 12.6. The molecule has 168 valence electrons. The highest BCUT2D eigenvalue weighted by Gasteiger charge is 2.36. The zero-order valence-electron chi connectivity index (χ0n) is 18.7. The van der Waals surface area contributed by atoms with E-state index in [9.17, 15) is 9.59 Å². The standard InChI is InChI=1S/C26H27N5O2/c1-16-12-19(20-5-7-23-21(13-20)8-10-27-23)4-6-22(16)24-28-29-26(33)31(24)15-17-9-11-30(14-17)25(32)18-2-3-18/h4-8,10,12-13,17-18,27H,2-3,9,11,14-15H2,1H3,(H,29,33)/t17-/m1/s1. The molecule has 1 saturated heterocycles. The third kappa shape index (κ3) is 3.67. The molecule has 6 rings (SSSR count). The molecule has 0 unspecified atom stereocenters. The van der Waals surface area contributed by atoms with Gasteiger partial charge in [0.15, 0.2) is 5.82 Å². The van der Waals surface area contributed by atoms with Gasteiger partial charge >= 0.3 is 5.69 Å². The molecule has 3 heterocycles. The fourth-order valence-corrected chi connectivity index (χ4v) is 5.05. The molecule has 7 nitrogen and oxygen atoms in total. The lowest BCUT2D eigenvalue weighted by Gasteiger charge is -2.17. The van der Waals surface area contributed by atoms with Gasteiger partial charge in [-0.25, -0.2) is 9.89 Å². The van der Waals surface area contributed by atoms with Crippen LogP contribution in [0.25, 0.3) is 33.4 Å². The summed E-state index contributed by atoms with van der Waals surface area (Å²) in [4.78, 5) is 30.2. The molecule has 1 saturated carbocycles. The maximum Gasteiger partial charge on any atom is 0.343 e. The van der Waals surface area contributed by atoms with Gasteiger partial charge in [0.25, 0.3) is 0 Å². The van der Waals surface area contributed by atoms with E-state index >= 15 is 0 Å². The first kappa shape index (κ1) is 20.0. The summed E-state index contributed by atoms with van der Waals surface area (Å²) in [6.45, 7) is 4.15. The SMILES string of the molecule is Cc1cc(-c2ccc3[nH]ccc3c2)ccc1-c1n[nH]c(=O)n1C[C@@H]1CCN(C(=O)C2CC2)C1. The lowest BCUT2D eigenvalue weighted by Crippen LogP contribution is -2.31. The molecule has 1 aliphatic carbocycles. The van der Waals surface area contributed by atoms with E-state index in [0.717, 1.165) is 60.1 Å². The number of amides is 1. The Morgan fingerprint density at radius 3 is 2.73 bits per heavy atom. The molecule has 2 aromatic carbocycles. The van der Waals surface area contributed by atoms with Gasteiger partial charge in [-0.05, 0) is 72.4 Å². The topological polar surface area (TPSA) is 86.8 Å². The number of rotatable bonds is 5. The summed E-state index contributed by atoms with van der Waals surface area (Å²) in [5.74, 6) is 1.48. The smallest absolute Gasteiger partial charge is 0.343 e. The number of fused-ring (bicyclic) bond motifs is 1. The predicted molar refractivity (Wildman–Crippen MR) is 128 cm³/mol. The van der Waals surface area contributed by atoms with E-state index in [4.69, 9.17) is 0 Å². The van der Waals surface area contributed by atoms with E-state index in [0.29, 0.717) is 18.3 Å². The van der Waals surface area contributed by atoms with Gasteiger partial charge < -0.3 is 9.88 Å². The maximum absolute atomic E-state index is 12.6. The highest BCUT2D eigenvalue weighted by atomic mass is 16.2. The Bertz CT molecular complexity index is 1410. The summed E-state index contributed by atoms with van der Waals surface area (Å²) in [6, 6.07) is 14.8. The number of nitrogens with zero attached hydrogens (tertiary/aromatic N) is 3. The van der Waals surface area contributed by atoms with Gasteiger partial charge in [-0.2, -0.15) is 5.10 Å². The largest absolute Gasteiger partial charge is 0.361 e. The highest BCUT2D eigenvalue weighted by Crippen LogP contribution is 2.33. The second kappa shape index (κ2) is 7.76. The van der Waals surface area contributed by atoms with Crippen molar-refractivity contribution in [3.05, 3.63) is 64.7 Å². The first-order valence-electron chi connectivity index (χ1n) is 11.7. The number of carbonyl (C=O) groups is 1. The molecule has 7 heteroatoms. The normalized spacial score (nSPS) is 18.3. The van der Waals surface area contributed by atoms with Gasteiger partial charge in [0, 0.05) is 42.8 Å². The zero-order chi connectivity index (χ0) is 22.5. The van der Waals surface area contributed by atoms with Gasteiger partial charge in [-0.1, -0.05) is 24.3 Å². The minimum atomic E-state index is -0.196. The van der Waals surface area contributed by atoms with Crippen LogP contribution in [0.3, 0.4) is 0 Å². The Kier molecular flexibility index (Phi) is 4.71. The number of likely N-dealkylation sites (tertiary alicyclic amines) is 1. The minimum Gasteiger partial charge on any atom is -0.361 e. The molecule has 4 aromatic rings. The molecule has 0 spiro atoms. The third-order valence-electron chi connectivity index (χ3n) is 7.08. The lowest BCUT2D eigenvalue weighted by atomic mass is 9.98. The lowest BCUT2D eigenvalue weighted by molar-refractivity contribution is -0.131. The van der Waals surface area contributed by atoms with Crippen LogP contribution in [0.4, 0.5) is 0 Å². The first-order valence-corrected chi connectivity index (χ1v) is 11.7. The number of H-pyrrole nitrogens is 2. The van der Waals surface area contributed by atoms with Crippen LogP contribution in [0.5, 0.6) is 0 Å². The minimum absolute atomic E-state index is 0.196. The molecular weight excluding hydrogens is 414 g/mol. The van der Waals surface area contributed by atoms with E-state index < -0.39 is 0 Å². The number of nitrogens with one attached hydrogen (secondary N) is 2. The molecular formula is C26H27N5O2. The second-order valence-corrected chi connectivity index (χ2v) is 9.49. The first-order chi connectivity index (χ1) is 16.1. The van der Waals surface area contributed by atoms with Crippen molar-refractivity contribution >= 4 is 16.8 Å². The molecule has 33 heavy (non-hydrogen) atoms. The number of hydrogen-bond acceptors (Lipinski definition) is 3. The monoisotopic (exact) mass is 441 g/mol. The Morgan fingerprint density at radius 1 is 1.09 bits per heavy atom. The Balaban J connectivity index is 1.25. The predicted octanol–water partition coefficient (Wildman–Crippen LogP) is 3.95. The van der Waals surface area contributed by atoms with Crippen LogP contribution in [-0.2, 0) is 11.3 Å². The Morgan fingerprint density at radius 2 is 1.91 bits per heavy atom. The van der Waals surface area contributed by atoms with Crippen LogP contribution < -0.4 is 5.69 Å². The number of benzene rings is 2. The third-order valence-corrected chi connectivity index (χ3v) is 7.08. The van der Waals surface area contributed by atoms with Crippen molar-refractivity contribution in [1.29, 1.82) is 0 Å². The second-order valence-electron chi connectivity index (χ2n) is 9.49. The van der Waals surface area contributed by atoms with E-state index in [1.165, 1.54) is 5.39 Å². The van der Waals surface area contributed by atoms with Crippen LogP contribution in [0.15, 0.2) is 53.5 Å². The summed E-state index contributed by atoms with van der Waals surface area (Å²) in [5.41, 5.74) is 5.23. The number of carbonyl (C=O) groups excluding carboxylic acids is 1. The summed E-state index contributed by atoms with van der Waals surface area (Å²) >= 11 is 0. The van der Waals surface area contributed by atoms with Crippen LogP contribution in [-0.4, -0.2) is 43.6 Å². The van der Waals surface area contributed by atoms with E-state index in [-0.39, 0.29) is 17.5 Å². The number of aromatic amines is 2. The molecule has 0 radical (unpaired) electrons. The van der Waals surface area contributed by atoms with Crippen molar-refractivity contribution in [2.75, 3.05) is 13.1 Å². The molecule has 2 N–H and O–H groups in total. The highest BCUT2D eigenvalue weighted by molar-refractivity contribution is 5.85. The van der Waals surface area contributed by atoms with E-state index in [1.54, 1.807) is 4.57 Å². The van der Waals surface area contributed by atoms with Crippen LogP contribution in [0, 0.1) is 18.8 Å². The van der Waals surface area contributed by atoms with E-state index in [2.05, 4.69) is 64.6 Å². The molecule has 1 amide bonds. The molecule has 1 atom stereocenters. The van der Waals surface area contributed by atoms with Crippen molar-refractivity contribution < 1.29 is 4.79 Å². The van der Waals surface area contributed by atoms with Gasteiger partial charge in [0.05, 0.1) is 0 Å². The summed E-state index contributed by atoms with van der Waals surface area (Å²) < 4.78 is 1.74.